The van der Waals surface area contributed by atoms with E-state index in [0.29, 0.717) is 18.5 Å². The third-order valence-electron chi connectivity index (χ3n) is 4.20. The highest BCUT2D eigenvalue weighted by Crippen LogP contribution is 2.29. The van der Waals surface area contributed by atoms with E-state index < -0.39 is 0 Å². The van der Waals surface area contributed by atoms with Crippen LogP contribution in [0.15, 0.2) is 36.4 Å². The van der Waals surface area contributed by atoms with E-state index in [1.54, 1.807) is 18.9 Å². The number of Topliss-reactive ketones (excluding diaryl/α,β-unsaturated/α-hetero) is 1. The Labute approximate surface area is 136 Å². The zero-order chi connectivity index (χ0) is 16.6. The smallest absolute Gasteiger partial charge is 0.231 e. The number of hydrogen-bond acceptors (Lipinski definition) is 3. The van der Waals surface area contributed by atoms with Gasteiger partial charge in [0.15, 0.2) is 5.78 Å². The predicted molar refractivity (Wildman–Crippen MR) is 92.5 cm³/mol. The first kappa shape index (κ1) is 15.3. The van der Waals surface area contributed by atoms with Gasteiger partial charge in [-0.1, -0.05) is 23.7 Å². The van der Waals surface area contributed by atoms with Crippen molar-refractivity contribution in [2.45, 2.75) is 19.9 Å². The number of nitrogens with zero attached hydrogens (tertiary/aromatic N) is 1. The van der Waals surface area contributed by atoms with Crippen LogP contribution >= 0.6 is 0 Å². The average Bonchev–Trinajstić information content (AvgIpc) is 2.84. The molecule has 0 fully saturated rings. The minimum Gasteiger partial charge on any atom is -0.497 e. The molecule has 0 saturated heterocycles. The first-order chi connectivity index (χ1) is 11.0. The Balaban J connectivity index is 1.93. The van der Waals surface area contributed by atoms with Gasteiger partial charge in [-0.15, -0.1) is 0 Å². The number of amides is 1. The molecule has 0 unspecified atom stereocenters. The van der Waals surface area contributed by atoms with Crippen LogP contribution in [-0.2, 0) is 17.8 Å². The number of ether oxygens (including phenoxy) is 1. The molecule has 3 rings (SSSR count). The summed E-state index contributed by atoms with van der Waals surface area (Å²) in [5.41, 5.74) is 4.55. The number of anilines is 1. The van der Waals surface area contributed by atoms with Crippen LogP contribution in [0.3, 0.4) is 0 Å². The fourth-order valence-electron chi connectivity index (χ4n) is 3.04. The summed E-state index contributed by atoms with van der Waals surface area (Å²) in [6.07, 6.45) is 0.355. The van der Waals surface area contributed by atoms with Gasteiger partial charge in [0.25, 0.3) is 0 Å². The van der Waals surface area contributed by atoms with Crippen LogP contribution in [0.1, 0.15) is 28.4 Å². The van der Waals surface area contributed by atoms with Crippen molar-refractivity contribution in [1.29, 1.82) is 0 Å². The number of methoxy groups -OCH3 is 1. The van der Waals surface area contributed by atoms with Crippen LogP contribution in [0.25, 0.3) is 0 Å². The van der Waals surface area contributed by atoms with E-state index >= 15 is 0 Å². The highest BCUT2D eigenvalue weighted by atomic mass is 16.5. The molecule has 0 radical (unpaired) electrons. The highest BCUT2D eigenvalue weighted by Gasteiger charge is 2.29. The Morgan fingerprint density at radius 2 is 1.96 bits per heavy atom. The van der Waals surface area contributed by atoms with E-state index in [1.807, 2.05) is 44.2 Å². The summed E-state index contributed by atoms with van der Waals surface area (Å²) < 4.78 is 5.16. The van der Waals surface area contributed by atoms with Gasteiger partial charge < -0.3 is 9.64 Å². The molecule has 0 aliphatic carbocycles. The van der Waals surface area contributed by atoms with Gasteiger partial charge in [-0.25, -0.2) is 0 Å². The van der Waals surface area contributed by atoms with Gasteiger partial charge in [0, 0.05) is 11.3 Å². The van der Waals surface area contributed by atoms with Gasteiger partial charge >= 0.3 is 0 Å². The van der Waals surface area contributed by atoms with Gasteiger partial charge in [0.05, 0.1) is 20.1 Å². The molecule has 0 atom stereocenters. The van der Waals surface area contributed by atoms with E-state index in [-0.39, 0.29) is 11.7 Å². The molecule has 1 amide bonds. The summed E-state index contributed by atoms with van der Waals surface area (Å²) in [7, 11) is 3.58. The maximum absolute atomic E-state index is 12.4. The molecule has 0 spiro atoms. The summed E-state index contributed by atoms with van der Waals surface area (Å²) in [5, 5.41) is 0. The molecule has 0 saturated carbocycles. The lowest BCUT2D eigenvalue weighted by Gasteiger charge is -2.20. The highest BCUT2D eigenvalue weighted by molar-refractivity contribution is 6.38. The molecule has 1 heterocycles. The van der Waals surface area contributed by atoms with Crippen molar-refractivity contribution < 1.29 is 14.3 Å². The quantitative estimate of drug-likeness (QED) is 0.631. The fraction of sp³-hybridized carbons (Fsp3) is 0.222. The first-order valence-corrected chi connectivity index (χ1v) is 7.57. The standard InChI is InChI=1S/C18H18BNO3/c1-11(21)13-7-14-9-17(22)20(18(14)16(19)8-13)10-12-3-5-15(23-2)6-4-12/h3-8H,9-10,19H2,1-2H3. The summed E-state index contributed by atoms with van der Waals surface area (Å²) in [5.74, 6) is 0.890. The number of carbonyl (C=O) groups excluding carboxylic acids is 2. The number of hydrogen-bond donors (Lipinski definition) is 0. The van der Waals surface area contributed by atoms with Gasteiger partial charge in [-0.2, -0.15) is 0 Å². The Kier molecular flexibility index (Phi) is 3.95. The first-order valence-electron chi connectivity index (χ1n) is 7.57. The van der Waals surface area contributed by atoms with Gasteiger partial charge in [-0.3, -0.25) is 9.59 Å². The van der Waals surface area contributed by atoms with Crippen molar-refractivity contribution in [3.05, 3.63) is 53.1 Å². The number of ketones is 1. The number of benzene rings is 2. The molecular formula is C18H18BNO3. The zero-order valence-corrected chi connectivity index (χ0v) is 13.6. The molecule has 0 N–H and O–H groups in total. The summed E-state index contributed by atoms with van der Waals surface area (Å²) >= 11 is 0. The molecule has 2 aromatic carbocycles. The second-order valence-corrected chi connectivity index (χ2v) is 5.86. The Hall–Kier alpha value is -2.56. The number of carbonyl (C=O) groups is 2. The topological polar surface area (TPSA) is 46.6 Å². The Morgan fingerprint density at radius 3 is 2.57 bits per heavy atom. The van der Waals surface area contributed by atoms with Crippen molar-refractivity contribution >= 4 is 30.7 Å². The Bertz CT molecular complexity index is 784. The molecule has 23 heavy (non-hydrogen) atoms. The minimum atomic E-state index is 0.0250. The van der Waals surface area contributed by atoms with Crippen LogP contribution in [0, 0.1) is 0 Å². The molecule has 4 nitrogen and oxygen atoms in total. The van der Waals surface area contributed by atoms with E-state index in [1.165, 1.54) is 0 Å². The van der Waals surface area contributed by atoms with E-state index in [9.17, 15) is 9.59 Å². The SMILES string of the molecule is Bc1cc(C(C)=O)cc2c1N(Cc1ccc(OC)cc1)C(=O)C2. The van der Waals surface area contributed by atoms with Gasteiger partial charge in [0.2, 0.25) is 5.91 Å². The lowest BCUT2D eigenvalue weighted by atomic mass is 9.88. The molecule has 0 aromatic heterocycles. The average molecular weight is 307 g/mol. The van der Waals surface area contributed by atoms with Crippen molar-refractivity contribution in [3.63, 3.8) is 0 Å². The zero-order valence-electron chi connectivity index (χ0n) is 13.6. The van der Waals surface area contributed by atoms with Crippen molar-refractivity contribution in [2.75, 3.05) is 12.0 Å². The normalized spacial score (nSPS) is 13.1. The molecule has 116 valence electrons. The van der Waals surface area contributed by atoms with Crippen LogP contribution in [0.4, 0.5) is 5.69 Å². The monoisotopic (exact) mass is 307 g/mol. The maximum Gasteiger partial charge on any atom is 0.231 e. The van der Waals surface area contributed by atoms with Gasteiger partial charge in [-0.05, 0) is 36.2 Å². The summed E-state index contributed by atoms with van der Waals surface area (Å²) in [4.78, 5) is 25.8. The summed E-state index contributed by atoms with van der Waals surface area (Å²) in [6.45, 7) is 2.07. The summed E-state index contributed by atoms with van der Waals surface area (Å²) in [6, 6.07) is 11.4. The third-order valence-corrected chi connectivity index (χ3v) is 4.20. The van der Waals surface area contributed by atoms with Crippen LogP contribution < -0.4 is 15.1 Å². The minimum absolute atomic E-state index is 0.0250. The maximum atomic E-state index is 12.4. The lowest BCUT2D eigenvalue weighted by Crippen LogP contribution is -2.29. The van der Waals surface area contributed by atoms with Crippen LogP contribution in [0.2, 0.25) is 0 Å². The van der Waals surface area contributed by atoms with Crippen LogP contribution in [-0.4, -0.2) is 26.6 Å². The van der Waals surface area contributed by atoms with Crippen molar-refractivity contribution in [1.82, 2.24) is 0 Å². The lowest BCUT2D eigenvalue weighted by molar-refractivity contribution is -0.117. The van der Waals surface area contributed by atoms with Crippen molar-refractivity contribution in [3.8, 4) is 5.75 Å². The van der Waals surface area contributed by atoms with E-state index in [2.05, 4.69) is 0 Å². The van der Waals surface area contributed by atoms with Gasteiger partial charge in [0.1, 0.15) is 13.6 Å². The molecular weight excluding hydrogens is 289 g/mol. The molecule has 0 bridgehead atoms. The molecule has 1 aliphatic rings. The van der Waals surface area contributed by atoms with E-state index in [0.717, 1.165) is 28.0 Å². The molecule has 2 aromatic rings. The number of fused-ring (bicyclic) bond motifs is 1. The molecule has 1 aliphatic heterocycles. The third kappa shape index (κ3) is 2.87. The fourth-order valence-corrected chi connectivity index (χ4v) is 3.04. The van der Waals surface area contributed by atoms with E-state index in [4.69, 9.17) is 4.74 Å². The van der Waals surface area contributed by atoms with Crippen molar-refractivity contribution in [2.24, 2.45) is 0 Å². The van der Waals surface area contributed by atoms with Crippen LogP contribution in [0.5, 0.6) is 5.75 Å². The Morgan fingerprint density at radius 1 is 1.26 bits per heavy atom. The predicted octanol–water partition coefficient (Wildman–Crippen LogP) is 1.25. The largest absolute Gasteiger partial charge is 0.497 e. The number of rotatable bonds is 4. The molecule has 5 heteroatoms. The second-order valence-electron chi connectivity index (χ2n) is 5.86. The second kappa shape index (κ2) is 5.91.